The van der Waals surface area contributed by atoms with Crippen LogP contribution in [0.3, 0.4) is 0 Å². The van der Waals surface area contributed by atoms with Crippen molar-refractivity contribution in [1.82, 2.24) is 15.2 Å². The highest BCUT2D eigenvalue weighted by Crippen LogP contribution is 2.33. The van der Waals surface area contributed by atoms with Gasteiger partial charge in [-0.05, 0) is 35.9 Å². The van der Waals surface area contributed by atoms with E-state index < -0.39 is 6.04 Å². The van der Waals surface area contributed by atoms with Crippen molar-refractivity contribution >= 4 is 0 Å². The van der Waals surface area contributed by atoms with Crippen molar-refractivity contribution < 1.29 is 18.9 Å². The van der Waals surface area contributed by atoms with Gasteiger partial charge < -0.3 is 24.7 Å². The lowest BCUT2D eigenvalue weighted by Crippen LogP contribution is -2.14. The standard InChI is InChI=1S/C19H22N4O4/c1-24-13-7-5-11(9-15(13)26-3)17(20)19-21-18(22-23-19)12-6-8-14(25-2)16(10-12)27-4/h5-10,17H,20H2,1-4H3,(H,21,22,23). The van der Waals surface area contributed by atoms with Crippen LogP contribution in [-0.4, -0.2) is 43.6 Å². The minimum absolute atomic E-state index is 0.494. The van der Waals surface area contributed by atoms with Gasteiger partial charge >= 0.3 is 0 Å². The minimum atomic E-state index is -0.494. The fourth-order valence-electron chi connectivity index (χ4n) is 2.72. The summed E-state index contributed by atoms with van der Waals surface area (Å²) in [5, 5.41) is 7.18. The number of nitrogens with zero attached hydrogens (tertiary/aromatic N) is 2. The molecule has 0 fully saturated rings. The first kappa shape index (κ1) is 18.5. The van der Waals surface area contributed by atoms with E-state index in [0.29, 0.717) is 34.6 Å². The lowest BCUT2D eigenvalue weighted by Gasteiger charge is -2.13. The van der Waals surface area contributed by atoms with Crippen molar-refractivity contribution in [3.8, 4) is 34.4 Å². The van der Waals surface area contributed by atoms with Gasteiger partial charge in [0.2, 0.25) is 0 Å². The second kappa shape index (κ2) is 7.96. The number of aromatic nitrogens is 3. The lowest BCUT2D eigenvalue weighted by atomic mass is 10.1. The molecule has 142 valence electrons. The minimum Gasteiger partial charge on any atom is -0.493 e. The van der Waals surface area contributed by atoms with Gasteiger partial charge in [-0.2, -0.15) is 5.10 Å². The van der Waals surface area contributed by atoms with Crippen molar-refractivity contribution in [1.29, 1.82) is 0 Å². The summed E-state index contributed by atoms with van der Waals surface area (Å²) >= 11 is 0. The van der Waals surface area contributed by atoms with Crippen LogP contribution in [0, 0.1) is 0 Å². The zero-order valence-corrected chi connectivity index (χ0v) is 15.6. The molecule has 0 spiro atoms. The van der Waals surface area contributed by atoms with Gasteiger partial charge in [-0.1, -0.05) is 6.07 Å². The summed E-state index contributed by atoms with van der Waals surface area (Å²) in [7, 11) is 6.34. The van der Waals surface area contributed by atoms with E-state index in [4.69, 9.17) is 24.7 Å². The third kappa shape index (κ3) is 3.65. The second-order valence-electron chi connectivity index (χ2n) is 5.71. The first-order valence-corrected chi connectivity index (χ1v) is 8.23. The van der Waals surface area contributed by atoms with Crippen LogP contribution in [0.15, 0.2) is 36.4 Å². The average molecular weight is 370 g/mol. The Morgan fingerprint density at radius 1 is 0.815 bits per heavy atom. The van der Waals surface area contributed by atoms with Crippen molar-refractivity contribution in [3.05, 3.63) is 47.8 Å². The van der Waals surface area contributed by atoms with Crippen LogP contribution in [0.25, 0.3) is 11.4 Å². The molecule has 1 atom stereocenters. The van der Waals surface area contributed by atoms with Crippen LogP contribution in [0.1, 0.15) is 17.4 Å². The maximum atomic E-state index is 6.35. The Balaban J connectivity index is 1.89. The highest BCUT2D eigenvalue weighted by molar-refractivity contribution is 5.61. The van der Waals surface area contributed by atoms with Crippen LogP contribution in [0.5, 0.6) is 23.0 Å². The fourth-order valence-corrected chi connectivity index (χ4v) is 2.72. The third-order valence-corrected chi connectivity index (χ3v) is 4.21. The molecule has 1 unspecified atom stereocenters. The molecule has 1 heterocycles. The van der Waals surface area contributed by atoms with E-state index in [-0.39, 0.29) is 0 Å². The molecule has 27 heavy (non-hydrogen) atoms. The zero-order chi connectivity index (χ0) is 19.4. The van der Waals surface area contributed by atoms with Gasteiger partial charge in [0.1, 0.15) is 5.82 Å². The normalized spacial score (nSPS) is 11.7. The van der Waals surface area contributed by atoms with Crippen molar-refractivity contribution in [2.45, 2.75) is 6.04 Å². The molecule has 2 aromatic carbocycles. The largest absolute Gasteiger partial charge is 0.493 e. The van der Waals surface area contributed by atoms with E-state index in [1.807, 2.05) is 24.3 Å². The van der Waals surface area contributed by atoms with Gasteiger partial charge in [-0.15, -0.1) is 0 Å². The van der Waals surface area contributed by atoms with E-state index >= 15 is 0 Å². The molecule has 0 aliphatic rings. The zero-order valence-electron chi connectivity index (χ0n) is 15.6. The summed E-state index contributed by atoms with van der Waals surface area (Å²) in [6.07, 6.45) is 0. The molecule has 0 saturated heterocycles. The molecule has 0 radical (unpaired) electrons. The summed E-state index contributed by atoms with van der Waals surface area (Å²) < 4.78 is 21.2. The molecular formula is C19H22N4O4. The van der Waals surface area contributed by atoms with Crippen molar-refractivity contribution in [2.24, 2.45) is 5.73 Å². The average Bonchev–Trinajstić information content (AvgIpc) is 3.22. The third-order valence-electron chi connectivity index (χ3n) is 4.21. The number of rotatable bonds is 7. The maximum absolute atomic E-state index is 6.35. The molecule has 0 amide bonds. The Morgan fingerprint density at radius 2 is 1.41 bits per heavy atom. The Labute approximate surface area is 157 Å². The highest BCUT2D eigenvalue weighted by Gasteiger charge is 2.18. The van der Waals surface area contributed by atoms with Gasteiger partial charge in [0.05, 0.1) is 34.5 Å². The van der Waals surface area contributed by atoms with Gasteiger partial charge in [0.25, 0.3) is 0 Å². The van der Waals surface area contributed by atoms with Crippen LogP contribution in [0.4, 0.5) is 0 Å². The monoisotopic (exact) mass is 370 g/mol. The summed E-state index contributed by atoms with van der Waals surface area (Å²) in [6, 6.07) is 10.5. The molecule has 3 N–H and O–H groups in total. The van der Waals surface area contributed by atoms with Crippen LogP contribution in [0.2, 0.25) is 0 Å². The Morgan fingerprint density at radius 3 is 2.04 bits per heavy atom. The highest BCUT2D eigenvalue weighted by atomic mass is 16.5. The smallest absolute Gasteiger partial charge is 0.181 e. The van der Waals surface area contributed by atoms with Gasteiger partial charge in [0.15, 0.2) is 28.8 Å². The Bertz CT molecular complexity index is 926. The van der Waals surface area contributed by atoms with E-state index in [9.17, 15) is 0 Å². The Hall–Kier alpha value is -3.26. The molecule has 3 rings (SSSR count). The van der Waals surface area contributed by atoms with E-state index in [0.717, 1.165) is 11.1 Å². The quantitative estimate of drug-likeness (QED) is 0.658. The number of benzene rings is 2. The van der Waals surface area contributed by atoms with Gasteiger partial charge in [-0.25, -0.2) is 4.98 Å². The number of H-pyrrole nitrogens is 1. The molecule has 0 saturated carbocycles. The topological polar surface area (TPSA) is 105 Å². The second-order valence-corrected chi connectivity index (χ2v) is 5.71. The lowest BCUT2D eigenvalue weighted by molar-refractivity contribution is 0.354. The number of aromatic amines is 1. The van der Waals surface area contributed by atoms with Crippen molar-refractivity contribution in [3.63, 3.8) is 0 Å². The molecule has 3 aromatic rings. The predicted octanol–water partition coefficient (Wildman–Crippen LogP) is 2.55. The summed E-state index contributed by atoms with van der Waals surface area (Å²) in [5.74, 6) is 3.53. The number of hydrogen-bond donors (Lipinski definition) is 2. The molecular weight excluding hydrogens is 348 g/mol. The maximum Gasteiger partial charge on any atom is 0.181 e. The van der Waals surface area contributed by atoms with E-state index in [1.165, 1.54) is 0 Å². The number of ether oxygens (including phenoxy) is 4. The van der Waals surface area contributed by atoms with Gasteiger partial charge in [-0.3, -0.25) is 5.10 Å². The molecule has 0 bridgehead atoms. The summed E-state index contributed by atoms with van der Waals surface area (Å²) in [5.41, 5.74) is 7.96. The van der Waals surface area contributed by atoms with Gasteiger partial charge in [0, 0.05) is 5.56 Å². The molecule has 8 heteroatoms. The van der Waals surface area contributed by atoms with E-state index in [2.05, 4.69) is 15.2 Å². The predicted molar refractivity (Wildman–Crippen MR) is 100 cm³/mol. The number of nitrogens with one attached hydrogen (secondary N) is 1. The number of hydrogen-bond acceptors (Lipinski definition) is 7. The van der Waals surface area contributed by atoms with Crippen LogP contribution >= 0.6 is 0 Å². The van der Waals surface area contributed by atoms with Crippen molar-refractivity contribution in [2.75, 3.05) is 28.4 Å². The SMILES string of the molecule is COc1ccc(-c2n[nH]c(C(N)c3ccc(OC)c(OC)c3)n2)cc1OC. The molecule has 0 aliphatic heterocycles. The van der Waals surface area contributed by atoms with Crippen LogP contribution < -0.4 is 24.7 Å². The number of methoxy groups -OCH3 is 4. The fraction of sp³-hybridized carbons (Fsp3) is 0.263. The first-order valence-electron chi connectivity index (χ1n) is 8.23. The molecule has 0 aliphatic carbocycles. The summed E-state index contributed by atoms with van der Waals surface area (Å²) in [6.45, 7) is 0. The first-order chi connectivity index (χ1) is 13.1. The van der Waals surface area contributed by atoms with Crippen LogP contribution in [-0.2, 0) is 0 Å². The Kier molecular flexibility index (Phi) is 5.46. The van der Waals surface area contributed by atoms with E-state index in [1.54, 1.807) is 40.6 Å². The summed E-state index contributed by atoms with van der Waals surface area (Å²) in [4.78, 5) is 4.53. The molecule has 8 nitrogen and oxygen atoms in total. The number of nitrogens with two attached hydrogens (primary N) is 1. The molecule has 1 aromatic heterocycles.